The highest BCUT2D eigenvalue weighted by atomic mass is 127. The zero-order valence-electron chi connectivity index (χ0n) is 13.9. The summed E-state index contributed by atoms with van der Waals surface area (Å²) in [5.74, 6) is 1.77. The van der Waals surface area contributed by atoms with E-state index >= 15 is 0 Å². The van der Waals surface area contributed by atoms with Crippen molar-refractivity contribution in [1.29, 1.82) is 0 Å². The molecule has 0 aliphatic carbocycles. The zero-order valence-corrected chi connectivity index (χ0v) is 16.1. The number of anilines is 1. The Morgan fingerprint density at radius 3 is 2.24 bits per heavy atom. The molecule has 0 aromatic carbocycles. The molecular formula is C16H28IN3O. The highest BCUT2D eigenvalue weighted by molar-refractivity contribution is 14.1. The third kappa shape index (κ3) is 4.28. The van der Waals surface area contributed by atoms with Crippen molar-refractivity contribution in [2.24, 2.45) is 0 Å². The molecule has 0 bridgehead atoms. The molecule has 0 fully saturated rings. The maximum atomic E-state index is 6.06. The molecule has 0 atom stereocenters. The van der Waals surface area contributed by atoms with Crippen molar-refractivity contribution in [3.63, 3.8) is 0 Å². The fraction of sp³-hybridized carbons (Fsp3) is 0.750. The van der Waals surface area contributed by atoms with Gasteiger partial charge in [0.05, 0.1) is 9.26 Å². The van der Waals surface area contributed by atoms with Crippen LogP contribution in [0.15, 0.2) is 0 Å². The van der Waals surface area contributed by atoms with Gasteiger partial charge in [0.2, 0.25) is 0 Å². The molecule has 1 aromatic rings. The molecule has 0 radical (unpaired) electrons. The molecule has 0 amide bonds. The van der Waals surface area contributed by atoms with Crippen LogP contribution in [-0.2, 0) is 16.8 Å². The Hall–Kier alpha value is -0.430. The van der Waals surface area contributed by atoms with Gasteiger partial charge in [-0.15, -0.1) is 0 Å². The predicted octanol–water partition coefficient (Wildman–Crippen LogP) is 4.52. The number of rotatable bonds is 9. The van der Waals surface area contributed by atoms with Crippen LogP contribution >= 0.6 is 22.6 Å². The van der Waals surface area contributed by atoms with Crippen molar-refractivity contribution >= 4 is 28.4 Å². The molecule has 0 saturated heterocycles. The minimum Gasteiger partial charge on any atom is -0.369 e. The lowest BCUT2D eigenvalue weighted by Gasteiger charge is -2.31. The SMILES string of the molecule is CCCc1nc(C(CC)(CC)OCC)nc(NCC)c1I. The molecule has 0 spiro atoms. The van der Waals surface area contributed by atoms with Crippen molar-refractivity contribution in [2.45, 2.75) is 65.9 Å². The molecule has 120 valence electrons. The summed E-state index contributed by atoms with van der Waals surface area (Å²) < 4.78 is 7.20. The van der Waals surface area contributed by atoms with Crippen LogP contribution in [0.25, 0.3) is 0 Å². The molecule has 0 aliphatic heterocycles. The Morgan fingerprint density at radius 1 is 1.10 bits per heavy atom. The second kappa shape index (κ2) is 8.88. The predicted molar refractivity (Wildman–Crippen MR) is 96.8 cm³/mol. The van der Waals surface area contributed by atoms with E-state index in [-0.39, 0.29) is 5.60 Å². The van der Waals surface area contributed by atoms with Gasteiger partial charge >= 0.3 is 0 Å². The van der Waals surface area contributed by atoms with E-state index in [4.69, 9.17) is 14.7 Å². The van der Waals surface area contributed by atoms with E-state index in [0.717, 1.165) is 53.1 Å². The number of hydrogen-bond acceptors (Lipinski definition) is 4. The minimum atomic E-state index is -0.369. The molecule has 0 unspecified atom stereocenters. The minimum absolute atomic E-state index is 0.369. The number of nitrogens with zero attached hydrogens (tertiary/aromatic N) is 2. The van der Waals surface area contributed by atoms with Crippen LogP contribution < -0.4 is 5.32 Å². The van der Waals surface area contributed by atoms with Gasteiger partial charge in [-0.1, -0.05) is 27.2 Å². The number of aromatic nitrogens is 2. The van der Waals surface area contributed by atoms with Gasteiger partial charge in [0.1, 0.15) is 11.4 Å². The molecule has 1 N–H and O–H groups in total. The lowest BCUT2D eigenvalue weighted by molar-refractivity contribution is -0.0572. The van der Waals surface area contributed by atoms with Crippen molar-refractivity contribution in [3.05, 3.63) is 15.1 Å². The number of hydrogen-bond donors (Lipinski definition) is 1. The molecule has 4 nitrogen and oxygen atoms in total. The van der Waals surface area contributed by atoms with Crippen LogP contribution in [0.3, 0.4) is 0 Å². The quantitative estimate of drug-likeness (QED) is 0.614. The zero-order chi connectivity index (χ0) is 15.9. The highest BCUT2D eigenvalue weighted by Gasteiger charge is 2.33. The number of aryl methyl sites for hydroxylation is 1. The van der Waals surface area contributed by atoms with Crippen molar-refractivity contribution in [1.82, 2.24) is 9.97 Å². The summed E-state index contributed by atoms with van der Waals surface area (Å²) in [7, 11) is 0. The molecule has 0 saturated carbocycles. The third-order valence-electron chi connectivity index (χ3n) is 3.72. The van der Waals surface area contributed by atoms with Gasteiger partial charge in [0.25, 0.3) is 0 Å². The number of ether oxygens (including phenoxy) is 1. The average molecular weight is 405 g/mol. The Labute approximate surface area is 142 Å². The van der Waals surface area contributed by atoms with Crippen LogP contribution in [-0.4, -0.2) is 23.1 Å². The summed E-state index contributed by atoms with van der Waals surface area (Å²) in [6.45, 7) is 12.1. The van der Waals surface area contributed by atoms with Crippen LogP contribution in [0, 0.1) is 3.57 Å². The summed E-state index contributed by atoms with van der Waals surface area (Å²) in [6.07, 6.45) is 3.82. The Balaban J connectivity index is 3.38. The smallest absolute Gasteiger partial charge is 0.162 e. The van der Waals surface area contributed by atoms with Crippen molar-refractivity contribution in [2.75, 3.05) is 18.5 Å². The van der Waals surface area contributed by atoms with Gasteiger partial charge in [-0.2, -0.15) is 0 Å². The topological polar surface area (TPSA) is 47.0 Å². The highest BCUT2D eigenvalue weighted by Crippen LogP contribution is 2.33. The van der Waals surface area contributed by atoms with Gasteiger partial charge in [-0.25, -0.2) is 9.97 Å². The average Bonchev–Trinajstić information content (AvgIpc) is 2.49. The maximum absolute atomic E-state index is 6.06. The van der Waals surface area contributed by atoms with Crippen LogP contribution in [0.2, 0.25) is 0 Å². The van der Waals surface area contributed by atoms with E-state index in [1.807, 2.05) is 6.92 Å². The molecule has 1 aromatic heterocycles. The van der Waals surface area contributed by atoms with E-state index in [9.17, 15) is 0 Å². The van der Waals surface area contributed by atoms with E-state index < -0.39 is 0 Å². The van der Waals surface area contributed by atoms with Gasteiger partial charge in [-0.05, 0) is 55.7 Å². The first-order valence-corrected chi connectivity index (χ1v) is 9.10. The van der Waals surface area contributed by atoms with Gasteiger partial charge in [-0.3, -0.25) is 0 Å². The summed E-state index contributed by atoms with van der Waals surface area (Å²) in [4.78, 5) is 9.64. The van der Waals surface area contributed by atoms with Crippen molar-refractivity contribution < 1.29 is 4.74 Å². The molecule has 1 rings (SSSR count). The number of nitrogens with one attached hydrogen (secondary N) is 1. The van der Waals surface area contributed by atoms with Gasteiger partial charge in [0, 0.05) is 13.2 Å². The first-order chi connectivity index (χ1) is 10.1. The van der Waals surface area contributed by atoms with Crippen molar-refractivity contribution in [3.8, 4) is 0 Å². The normalized spacial score (nSPS) is 11.7. The van der Waals surface area contributed by atoms with Gasteiger partial charge in [0.15, 0.2) is 5.82 Å². The summed E-state index contributed by atoms with van der Waals surface area (Å²) >= 11 is 2.35. The summed E-state index contributed by atoms with van der Waals surface area (Å²) in [5.41, 5.74) is 0.760. The first-order valence-electron chi connectivity index (χ1n) is 8.03. The molecule has 0 aliphatic rings. The standard InChI is InChI=1S/C16H28IN3O/c1-6-11-12-13(17)14(18-9-4)20-15(19-12)16(7-2,8-3)21-10-5/h6-11H2,1-5H3,(H,18,19,20). The molecule has 21 heavy (non-hydrogen) atoms. The second-order valence-electron chi connectivity index (χ2n) is 5.07. The van der Waals surface area contributed by atoms with E-state index in [2.05, 4.69) is 55.6 Å². The van der Waals surface area contributed by atoms with Gasteiger partial charge < -0.3 is 10.1 Å². The first kappa shape index (κ1) is 18.6. The lowest BCUT2D eigenvalue weighted by Crippen LogP contribution is -2.32. The molecule has 1 heterocycles. The lowest BCUT2D eigenvalue weighted by atomic mass is 9.95. The summed E-state index contributed by atoms with van der Waals surface area (Å²) in [6, 6.07) is 0. The molecule has 5 heteroatoms. The number of halogens is 1. The Bertz CT molecular complexity index is 420. The maximum Gasteiger partial charge on any atom is 0.162 e. The van der Waals surface area contributed by atoms with Crippen LogP contribution in [0.5, 0.6) is 0 Å². The summed E-state index contributed by atoms with van der Waals surface area (Å²) in [5, 5.41) is 3.36. The van der Waals surface area contributed by atoms with Crippen LogP contribution in [0.4, 0.5) is 5.82 Å². The van der Waals surface area contributed by atoms with Crippen LogP contribution in [0.1, 0.15) is 65.4 Å². The third-order valence-corrected chi connectivity index (χ3v) is 4.85. The fourth-order valence-electron chi connectivity index (χ4n) is 2.50. The second-order valence-corrected chi connectivity index (χ2v) is 6.15. The Kier molecular flexibility index (Phi) is 7.87. The monoisotopic (exact) mass is 405 g/mol. The largest absolute Gasteiger partial charge is 0.369 e. The van der Waals surface area contributed by atoms with E-state index in [1.54, 1.807) is 0 Å². The fourth-order valence-corrected chi connectivity index (χ4v) is 3.20. The van der Waals surface area contributed by atoms with E-state index in [1.165, 1.54) is 0 Å². The Morgan fingerprint density at radius 2 is 1.76 bits per heavy atom. The van der Waals surface area contributed by atoms with E-state index in [0.29, 0.717) is 6.61 Å². The molecular weight excluding hydrogens is 377 g/mol.